The van der Waals surface area contributed by atoms with Crippen LogP contribution in [-0.4, -0.2) is 54.3 Å². The summed E-state index contributed by atoms with van der Waals surface area (Å²) in [5.74, 6) is -1.72. The summed E-state index contributed by atoms with van der Waals surface area (Å²) in [5, 5.41) is 13.4. The lowest BCUT2D eigenvalue weighted by molar-refractivity contribution is -0.235. The molecule has 1 aromatic rings. The molecule has 0 aromatic heterocycles. The lowest BCUT2D eigenvalue weighted by atomic mass is 9.33. The Hall–Kier alpha value is -2.76. The Kier molecular flexibility index (Phi) is 10.6. The number of benzene rings is 1. The van der Waals surface area contributed by atoms with E-state index in [1.807, 2.05) is 13.8 Å². The van der Waals surface area contributed by atoms with E-state index in [1.165, 1.54) is 24.3 Å². The molecule has 12 heteroatoms. The Morgan fingerprint density at radius 1 is 0.847 bits per heavy atom. The van der Waals surface area contributed by atoms with Gasteiger partial charge in [0, 0.05) is 16.9 Å². The number of esters is 1. The molecule has 3 N–H and O–H groups in total. The number of Topliss-reactive ketones (excluding diaryl/α,β-unsaturated/α-hetero) is 1. The van der Waals surface area contributed by atoms with E-state index in [-0.39, 0.29) is 62.7 Å². The van der Waals surface area contributed by atoms with Gasteiger partial charge in [-0.05, 0) is 152 Å². The molecule has 0 bridgehead atoms. The van der Waals surface area contributed by atoms with E-state index in [1.54, 1.807) is 13.8 Å². The molecule has 0 saturated heterocycles. The number of carboxylic acids is 1. The number of carbonyl (C=O) groups is 4. The second-order valence-corrected chi connectivity index (χ2v) is 24.3. The van der Waals surface area contributed by atoms with Crippen LogP contribution < -0.4 is 10.0 Å². The van der Waals surface area contributed by atoms with Crippen molar-refractivity contribution in [1.82, 2.24) is 10.0 Å². The van der Waals surface area contributed by atoms with Gasteiger partial charge in [-0.3, -0.25) is 19.2 Å². The van der Waals surface area contributed by atoms with E-state index in [0.717, 1.165) is 56.1 Å². The maximum atomic E-state index is 14.4. The SMILES string of the molecule is CC(C)C1=C2[C@H]3CC[C@@H]4[C@@]5(C)CC[C@H](OC(=O)[C@H]6C[C@@H](C(=O)O)C6(C)C)C(C)(C)[C@@H]5CC[C@@]4(C)[C@]3(C)CC[C@@]2(NC(=O)C(C)(C)NS(=O)(=O)c2ccc(Cl)cc2)CC1=O. The molecule has 6 aliphatic carbocycles. The van der Waals surface area contributed by atoms with Crippen LogP contribution in [0.15, 0.2) is 40.3 Å². The number of aliphatic carboxylic acids is 1. The van der Waals surface area contributed by atoms with Crippen LogP contribution in [0.1, 0.15) is 140 Å². The van der Waals surface area contributed by atoms with Gasteiger partial charge in [-0.15, -0.1) is 0 Å². The van der Waals surface area contributed by atoms with Crippen molar-refractivity contribution < 1.29 is 37.4 Å². The zero-order valence-electron chi connectivity index (χ0n) is 37.0. The van der Waals surface area contributed by atoms with Crippen molar-refractivity contribution in [3.8, 4) is 0 Å². The topological polar surface area (TPSA) is 156 Å². The predicted octanol–water partition coefficient (Wildman–Crippen LogP) is 8.90. The first-order valence-corrected chi connectivity index (χ1v) is 23.8. The third kappa shape index (κ3) is 6.58. The van der Waals surface area contributed by atoms with E-state index < -0.39 is 50.2 Å². The number of ether oxygens (including phenoxy) is 1. The number of allylic oxidation sites excluding steroid dienone is 1. The molecular weight excluding hydrogens is 788 g/mol. The number of carbonyl (C=O) groups excluding carboxylic acids is 3. The summed E-state index contributed by atoms with van der Waals surface area (Å²) in [6.45, 7) is 23.0. The van der Waals surface area contributed by atoms with Gasteiger partial charge < -0.3 is 15.2 Å². The van der Waals surface area contributed by atoms with Crippen molar-refractivity contribution in [2.75, 3.05) is 0 Å². The average molecular weight is 856 g/mol. The van der Waals surface area contributed by atoms with Gasteiger partial charge in [0.05, 0.1) is 22.3 Å². The minimum absolute atomic E-state index is 0.00721. The highest BCUT2D eigenvalue weighted by Crippen LogP contribution is 2.76. The number of hydrogen-bond acceptors (Lipinski definition) is 7. The maximum absolute atomic E-state index is 14.4. The Balaban J connectivity index is 1.14. The molecule has 0 heterocycles. The van der Waals surface area contributed by atoms with E-state index in [4.69, 9.17) is 16.3 Å². The van der Waals surface area contributed by atoms with Crippen LogP contribution >= 0.6 is 11.6 Å². The molecule has 7 rings (SSSR count). The van der Waals surface area contributed by atoms with Crippen molar-refractivity contribution >= 4 is 45.3 Å². The van der Waals surface area contributed by atoms with Crippen LogP contribution in [-0.2, 0) is 33.9 Å². The molecule has 10 nitrogen and oxygen atoms in total. The van der Waals surface area contributed by atoms with Gasteiger partial charge >= 0.3 is 11.9 Å². The van der Waals surface area contributed by atoms with Gasteiger partial charge in [0.25, 0.3) is 0 Å². The standard InChI is InChI=1S/C47H67ClN2O8S/c1-26(2)36-32(51)25-47(49-40(55)43(7,8)50-59(56,57)28-14-12-27(48)13-15-28)23-22-45(10)29(37(36)47)16-17-34-44(9)20-19-35(42(5,6)33(44)18-21-46(34,45)11)58-39(54)31-24-30(38(52)53)41(31,3)4/h12-15,26,29-31,33-35,50H,16-25H2,1-11H3,(H,49,55)(H,52,53)/t29-,30+,31-,33+,34-,35+,44+,45-,46-,47-/m1/s1. The molecule has 6 aliphatic rings. The summed E-state index contributed by atoms with van der Waals surface area (Å²) in [6.07, 6.45) is 7.23. The first kappa shape index (κ1) is 44.3. The van der Waals surface area contributed by atoms with Crippen LogP contribution in [0.25, 0.3) is 0 Å². The summed E-state index contributed by atoms with van der Waals surface area (Å²) in [5.41, 5.74) is -1.66. The lowest BCUT2D eigenvalue weighted by Gasteiger charge is -2.72. The summed E-state index contributed by atoms with van der Waals surface area (Å²) in [6, 6.07) is 5.82. The minimum Gasteiger partial charge on any atom is -0.481 e. The summed E-state index contributed by atoms with van der Waals surface area (Å²) < 4.78 is 36.0. The highest BCUT2D eigenvalue weighted by Gasteiger charge is 2.71. The van der Waals surface area contributed by atoms with Gasteiger partial charge in [-0.2, -0.15) is 4.72 Å². The quantitative estimate of drug-likeness (QED) is 0.208. The first-order chi connectivity index (χ1) is 27.1. The van der Waals surface area contributed by atoms with E-state index >= 15 is 0 Å². The number of nitrogens with one attached hydrogen (secondary N) is 2. The van der Waals surface area contributed by atoms with Crippen molar-refractivity contribution in [2.24, 2.45) is 62.6 Å². The Bertz CT molecular complexity index is 2090. The van der Waals surface area contributed by atoms with Gasteiger partial charge in [0.1, 0.15) is 11.6 Å². The lowest BCUT2D eigenvalue weighted by Crippen LogP contribution is -2.68. The summed E-state index contributed by atoms with van der Waals surface area (Å²) in [7, 11) is -4.07. The molecule has 5 fully saturated rings. The highest BCUT2D eigenvalue weighted by molar-refractivity contribution is 7.89. The van der Waals surface area contributed by atoms with E-state index in [0.29, 0.717) is 29.7 Å². The molecular formula is C47H67ClN2O8S. The molecule has 59 heavy (non-hydrogen) atoms. The van der Waals surface area contributed by atoms with Crippen molar-refractivity contribution in [3.63, 3.8) is 0 Å². The van der Waals surface area contributed by atoms with Crippen LogP contribution in [0.4, 0.5) is 0 Å². The van der Waals surface area contributed by atoms with Crippen molar-refractivity contribution in [1.29, 1.82) is 0 Å². The van der Waals surface area contributed by atoms with Gasteiger partial charge in [0.15, 0.2) is 5.78 Å². The monoisotopic (exact) mass is 854 g/mol. The zero-order valence-corrected chi connectivity index (χ0v) is 38.6. The van der Waals surface area contributed by atoms with Crippen molar-refractivity contribution in [2.45, 2.75) is 162 Å². The first-order valence-electron chi connectivity index (χ1n) is 21.9. The molecule has 0 radical (unpaired) electrons. The highest BCUT2D eigenvalue weighted by atomic mass is 35.5. The smallest absolute Gasteiger partial charge is 0.309 e. The Labute approximate surface area is 356 Å². The molecule has 0 unspecified atom stereocenters. The summed E-state index contributed by atoms with van der Waals surface area (Å²) >= 11 is 6.02. The minimum atomic E-state index is -4.07. The number of halogens is 1. The molecule has 1 amide bonds. The number of carboxylic acid groups (broad SMARTS) is 1. The van der Waals surface area contributed by atoms with Crippen molar-refractivity contribution in [3.05, 3.63) is 40.4 Å². The second kappa shape index (κ2) is 14.1. The molecule has 1 aromatic carbocycles. The predicted molar refractivity (Wildman–Crippen MR) is 227 cm³/mol. The molecule has 5 saturated carbocycles. The van der Waals surface area contributed by atoms with Crippen LogP contribution in [0, 0.1) is 62.6 Å². The van der Waals surface area contributed by atoms with Crippen LogP contribution in [0.2, 0.25) is 5.02 Å². The summed E-state index contributed by atoms with van der Waals surface area (Å²) in [4.78, 5) is 54.0. The Morgan fingerprint density at radius 3 is 2.08 bits per heavy atom. The average Bonchev–Trinajstić information content (AvgIpc) is 3.40. The van der Waals surface area contributed by atoms with E-state index in [2.05, 4.69) is 58.5 Å². The number of sulfonamides is 1. The van der Waals surface area contributed by atoms with Crippen LogP contribution in [0.5, 0.6) is 0 Å². The normalized spacial score (nSPS) is 38.6. The maximum Gasteiger partial charge on any atom is 0.309 e. The number of amides is 1. The fourth-order valence-electron chi connectivity index (χ4n) is 14.3. The van der Waals surface area contributed by atoms with Gasteiger partial charge in [-0.1, -0.05) is 73.9 Å². The van der Waals surface area contributed by atoms with E-state index in [9.17, 15) is 32.7 Å². The number of rotatable bonds is 9. The molecule has 0 spiro atoms. The van der Waals surface area contributed by atoms with Gasteiger partial charge in [0.2, 0.25) is 15.9 Å². The third-order valence-corrected chi connectivity index (χ3v) is 19.8. The third-order valence-electron chi connectivity index (χ3n) is 17.9. The number of fused-ring (bicyclic) bond motifs is 7. The fourth-order valence-corrected chi connectivity index (χ4v) is 15.8. The van der Waals surface area contributed by atoms with Gasteiger partial charge in [-0.25, -0.2) is 8.42 Å². The number of hydrogen-bond donors (Lipinski definition) is 3. The fraction of sp³-hybridized carbons (Fsp3) is 0.745. The number of ketones is 1. The molecule has 0 aliphatic heterocycles. The largest absolute Gasteiger partial charge is 0.481 e. The second-order valence-electron chi connectivity index (χ2n) is 22.2. The Morgan fingerprint density at radius 2 is 1.49 bits per heavy atom. The molecule has 326 valence electrons. The van der Waals surface area contributed by atoms with Crippen LogP contribution in [0.3, 0.4) is 0 Å². The zero-order chi connectivity index (χ0) is 43.7. The molecule has 10 atom stereocenters.